The number of amides is 1. The van der Waals surface area contributed by atoms with Crippen molar-refractivity contribution in [2.24, 2.45) is 0 Å². The Morgan fingerprint density at radius 2 is 1.71 bits per heavy atom. The lowest BCUT2D eigenvalue weighted by Gasteiger charge is -2.48. The number of carbonyl (C=O) groups is 2. The van der Waals surface area contributed by atoms with E-state index in [4.69, 9.17) is 44.9 Å². The zero-order valence-corrected chi connectivity index (χ0v) is 24.9. The van der Waals surface area contributed by atoms with Crippen LogP contribution in [0.5, 0.6) is 5.75 Å². The van der Waals surface area contributed by atoms with Gasteiger partial charge < -0.3 is 20.1 Å². The average molecular weight is 620 g/mol. The van der Waals surface area contributed by atoms with E-state index < -0.39 is 46.5 Å². The minimum atomic E-state index is -1.45. The molecular weight excluding hydrogens is 593 g/mol. The molecule has 1 saturated heterocycles. The number of anilines is 1. The van der Waals surface area contributed by atoms with E-state index in [2.05, 4.69) is 10.6 Å². The van der Waals surface area contributed by atoms with Crippen LogP contribution in [0, 0.1) is 18.6 Å². The zero-order valence-electron chi connectivity index (χ0n) is 22.5. The molecule has 214 valence electrons. The normalized spacial score (nSPS) is 21.8. The van der Waals surface area contributed by atoms with Gasteiger partial charge in [0.1, 0.15) is 11.2 Å². The van der Waals surface area contributed by atoms with E-state index in [0.29, 0.717) is 43.0 Å². The molecular formula is C30H26Cl2F2N2O4S. The molecule has 3 atom stereocenters. The summed E-state index contributed by atoms with van der Waals surface area (Å²) in [5, 5.41) is 6.96. The average Bonchev–Trinajstić information content (AvgIpc) is 3.18. The van der Waals surface area contributed by atoms with E-state index in [1.807, 2.05) is 0 Å². The predicted octanol–water partition coefficient (Wildman–Crippen LogP) is 6.95. The van der Waals surface area contributed by atoms with E-state index in [-0.39, 0.29) is 12.2 Å². The molecule has 2 aliphatic heterocycles. The molecule has 0 radical (unpaired) electrons. The lowest BCUT2D eigenvalue weighted by Crippen LogP contribution is -2.56. The Labute approximate surface area is 251 Å². The van der Waals surface area contributed by atoms with Crippen LogP contribution in [0.1, 0.15) is 54.5 Å². The molecule has 3 aromatic rings. The van der Waals surface area contributed by atoms with Crippen molar-refractivity contribution in [2.45, 2.75) is 50.2 Å². The van der Waals surface area contributed by atoms with Crippen molar-refractivity contribution >= 4 is 58.0 Å². The molecule has 0 bridgehead atoms. The van der Waals surface area contributed by atoms with Gasteiger partial charge in [-0.05, 0) is 79.9 Å². The smallest absolute Gasteiger partial charge is 0.349 e. The number of hydrogen-bond donors (Lipinski definition) is 2. The van der Waals surface area contributed by atoms with E-state index in [1.54, 1.807) is 57.2 Å². The summed E-state index contributed by atoms with van der Waals surface area (Å²) >= 11 is 18.5. The number of esters is 1. The third-order valence-electron chi connectivity index (χ3n) is 7.76. The summed E-state index contributed by atoms with van der Waals surface area (Å²) in [6.45, 7) is 4.77. The Morgan fingerprint density at radius 1 is 1.05 bits per heavy atom. The van der Waals surface area contributed by atoms with Gasteiger partial charge in [-0.25, -0.2) is 13.6 Å². The maximum absolute atomic E-state index is 14.7. The maximum Gasteiger partial charge on any atom is 0.349 e. The van der Waals surface area contributed by atoms with Gasteiger partial charge in [-0.3, -0.25) is 4.79 Å². The van der Waals surface area contributed by atoms with Crippen LogP contribution in [-0.4, -0.2) is 29.6 Å². The summed E-state index contributed by atoms with van der Waals surface area (Å²) < 4.78 is 40.1. The third-order valence-corrected chi connectivity index (χ3v) is 8.52. The topological polar surface area (TPSA) is 76.7 Å². The van der Waals surface area contributed by atoms with Crippen LogP contribution >= 0.6 is 35.4 Å². The standard InChI is InChI=1S/C30H26Cl2F2N2O4S/c1-14-9-21(33)22(34)12-17(14)26-30(19-7-5-16(32)11-23(19)35-27(30)37)20(13-25(41)36-26)18-10-15(31)6-8-24(18)40-29(2,3)28(38)39-4/h5-12,20,26H,13H2,1-4H3,(H,35,37)(H,36,41). The maximum atomic E-state index is 14.7. The summed E-state index contributed by atoms with van der Waals surface area (Å²) in [6, 6.07) is 11.2. The fraction of sp³-hybridized carbons (Fsp3) is 0.300. The summed E-state index contributed by atoms with van der Waals surface area (Å²) in [7, 11) is 1.26. The van der Waals surface area contributed by atoms with Gasteiger partial charge in [0, 0.05) is 33.6 Å². The molecule has 0 aromatic heterocycles. The Hall–Kier alpha value is -3.27. The van der Waals surface area contributed by atoms with Crippen molar-refractivity contribution < 1.29 is 27.8 Å². The number of nitrogens with one attached hydrogen (secondary N) is 2. The van der Waals surface area contributed by atoms with Gasteiger partial charge in [0.05, 0.1) is 18.1 Å². The highest BCUT2D eigenvalue weighted by Crippen LogP contribution is 2.59. The van der Waals surface area contributed by atoms with Gasteiger partial charge in [0.25, 0.3) is 0 Å². The van der Waals surface area contributed by atoms with E-state index >= 15 is 0 Å². The number of thiocarbonyl (C=S) groups is 1. The molecule has 2 N–H and O–H groups in total. The number of aryl methyl sites for hydroxylation is 1. The number of carbonyl (C=O) groups excluding carboxylic acids is 2. The highest BCUT2D eigenvalue weighted by atomic mass is 35.5. The molecule has 6 nitrogen and oxygen atoms in total. The van der Waals surface area contributed by atoms with Crippen LogP contribution in [0.15, 0.2) is 48.5 Å². The van der Waals surface area contributed by atoms with Crippen LogP contribution < -0.4 is 15.4 Å². The minimum absolute atomic E-state index is 0.180. The fourth-order valence-corrected chi connectivity index (χ4v) is 6.58. The minimum Gasteiger partial charge on any atom is -0.476 e. The second-order valence-corrected chi connectivity index (χ2v) is 12.0. The monoisotopic (exact) mass is 618 g/mol. The molecule has 2 heterocycles. The number of ether oxygens (including phenoxy) is 2. The Bertz CT molecular complexity index is 1620. The number of halogens is 4. The van der Waals surface area contributed by atoms with Crippen molar-refractivity contribution in [3.63, 3.8) is 0 Å². The number of piperidine rings is 1. The van der Waals surface area contributed by atoms with Gasteiger partial charge >= 0.3 is 5.97 Å². The summed E-state index contributed by atoms with van der Waals surface area (Å²) in [6.07, 6.45) is 0.180. The van der Waals surface area contributed by atoms with E-state index in [0.717, 1.165) is 12.1 Å². The molecule has 0 aliphatic carbocycles. The molecule has 1 fully saturated rings. The van der Waals surface area contributed by atoms with Crippen LogP contribution in [0.2, 0.25) is 10.0 Å². The van der Waals surface area contributed by atoms with Gasteiger partial charge in [0.2, 0.25) is 5.91 Å². The number of hydrogen-bond acceptors (Lipinski definition) is 5. The summed E-state index contributed by atoms with van der Waals surface area (Å²) in [5.41, 5.74) is -0.498. The second kappa shape index (κ2) is 10.5. The zero-order chi connectivity index (χ0) is 29.9. The first-order valence-corrected chi connectivity index (χ1v) is 13.9. The summed E-state index contributed by atoms with van der Waals surface area (Å²) in [5.74, 6) is -3.51. The first-order valence-electron chi connectivity index (χ1n) is 12.7. The molecule has 3 unspecified atom stereocenters. The molecule has 1 amide bonds. The largest absolute Gasteiger partial charge is 0.476 e. The quantitative estimate of drug-likeness (QED) is 0.238. The highest BCUT2D eigenvalue weighted by molar-refractivity contribution is 7.80. The number of benzene rings is 3. The second-order valence-electron chi connectivity index (χ2n) is 10.7. The molecule has 1 spiro atoms. The molecule has 2 aliphatic rings. The van der Waals surface area contributed by atoms with Gasteiger partial charge in [0.15, 0.2) is 17.2 Å². The fourth-order valence-electron chi connectivity index (χ4n) is 5.94. The lowest BCUT2D eigenvalue weighted by atomic mass is 9.59. The number of methoxy groups -OCH3 is 1. The SMILES string of the molecule is COC(=O)C(C)(C)Oc1ccc(Cl)cc1C1CC(=S)NC(c2cc(F)c(F)cc2C)C12C(=O)Nc1cc(Cl)ccc12. The molecule has 3 aromatic carbocycles. The van der Waals surface area contributed by atoms with Crippen LogP contribution in [0.3, 0.4) is 0 Å². The number of rotatable bonds is 5. The van der Waals surface area contributed by atoms with Gasteiger partial charge in [-0.1, -0.05) is 41.5 Å². The van der Waals surface area contributed by atoms with Crippen molar-refractivity contribution in [3.8, 4) is 5.75 Å². The molecule has 0 saturated carbocycles. The first kappa shape index (κ1) is 29.2. The van der Waals surface area contributed by atoms with E-state index in [9.17, 15) is 18.4 Å². The lowest BCUT2D eigenvalue weighted by molar-refractivity contribution is -0.156. The van der Waals surface area contributed by atoms with Crippen molar-refractivity contribution in [2.75, 3.05) is 12.4 Å². The Balaban J connectivity index is 1.81. The van der Waals surface area contributed by atoms with Crippen LogP contribution in [-0.2, 0) is 19.7 Å². The first-order chi connectivity index (χ1) is 19.3. The Morgan fingerprint density at radius 3 is 2.41 bits per heavy atom. The van der Waals surface area contributed by atoms with E-state index in [1.165, 1.54) is 7.11 Å². The van der Waals surface area contributed by atoms with Crippen molar-refractivity contribution in [3.05, 3.63) is 92.5 Å². The van der Waals surface area contributed by atoms with Gasteiger partial charge in [-0.15, -0.1) is 0 Å². The molecule has 5 rings (SSSR count). The third kappa shape index (κ3) is 4.83. The van der Waals surface area contributed by atoms with Gasteiger partial charge in [-0.2, -0.15) is 0 Å². The highest BCUT2D eigenvalue weighted by Gasteiger charge is 2.61. The van der Waals surface area contributed by atoms with Crippen LogP contribution in [0.4, 0.5) is 14.5 Å². The van der Waals surface area contributed by atoms with Crippen LogP contribution in [0.25, 0.3) is 0 Å². The molecule has 11 heteroatoms. The number of fused-ring (bicyclic) bond motifs is 2. The summed E-state index contributed by atoms with van der Waals surface area (Å²) in [4.78, 5) is 27.3. The van der Waals surface area contributed by atoms with Crippen molar-refractivity contribution in [1.29, 1.82) is 0 Å². The predicted molar refractivity (Wildman–Crippen MR) is 157 cm³/mol. The Kier molecular flexibility index (Phi) is 7.51. The molecule has 41 heavy (non-hydrogen) atoms. The van der Waals surface area contributed by atoms with Crippen molar-refractivity contribution in [1.82, 2.24) is 5.32 Å².